The second-order valence-corrected chi connectivity index (χ2v) is 45.1. The van der Waals surface area contributed by atoms with E-state index in [1.807, 2.05) is 102 Å². The lowest BCUT2D eigenvalue weighted by Crippen LogP contribution is -2.79. The van der Waals surface area contributed by atoms with Gasteiger partial charge in [0.25, 0.3) is 35.8 Å². The van der Waals surface area contributed by atoms with E-state index in [1.54, 1.807) is 5.06 Å². The van der Waals surface area contributed by atoms with Crippen molar-refractivity contribution in [3.05, 3.63) is 0 Å². The maximum atomic E-state index is 7.33. The summed E-state index contributed by atoms with van der Waals surface area (Å²) in [7, 11) is 32.3. The molecule has 0 rings (SSSR count). The molecule has 0 amide bonds. The second-order valence-electron chi connectivity index (χ2n) is 45.1. The van der Waals surface area contributed by atoms with E-state index in [1.165, 1.54) is 0 Å². The Morgan fingerprint density at radius 1 is 0.158 bits per heavy atom. The molecule has 31 nitrogen and oxygen atoms in total. The summed E-state index contributed by atoms with van der Waals surface area (Å²) < 4.78 is 0. The normalized spacial score (nSPS) is 13.9. The third-order valence-corrected chi connectivity index (χ3v) is 25.2. The van der Waals surface area contributed by atoms with Crippen molar-refractivity contribution in [3.8, 4) is 0 Å². The van der Waals surface area contributed by atoms with Gasteiger partial charge in [-0.1, -0.05) is 69.2 Å². The van der Waals surface area contributed by atoms with E-state index >= 15 is 0 Å². The predicted molar refractivity (Wildman–Crippen MR) is 605 cm³/mol. The zero-order valence-corrected chi connectivity index (χ0v) is 107. The van der Waals surface area contributed by atoms with Crippen molar-refractivity contribution in [2.75, 3.05) is 178 Å². The van der Waals surface area contributed by atoms with E-state index in [0.29, 0.717) is 109 Å². The minimum absolute atomic E-state index is 0. The Labute approximate surface area is 870 Å². The first kappa shape index (κ1) is 151. The molecule has 0 aliphatic heterocycles. The van der Waals surface area contributed by atoms with Gasteiger partial charge in [0.15, 0.2) is 0 Å². The Bertz CT molecular complexity index is 2670. The van der Waals surface area contributed by atoms with Gasteiger partial charge in [0.1, 0.15) is 0 Å². The topological polar surface area (TPSA) is 168 Å². The van der Waals surface area contributed by atoms with Crippen molar-refractivity contribution in [1.29, 1.82) is 0 Å². The highest BCUT2D eigenvalue weighted by atomic mass is 16.8. The van der Waals surface area contributed by atoms with Crippen LogP contribution in [0.15, 0.2) is 0 Å². The molecule has 0 unspecified atom stereocenters. The van der Waals surface area contributed by atoms with Crippen LogP contribution in [0.2, 0.25) is 0 Å². The van der Waals surface area contributed by atoms with E-state index in [-0.39, 0.29) is 30.3 Å². The Morgan fingerprint density at radius 3 is 0.460 bits per heavy atom. The van der Waals surface area contributed by atoms with Crippen LogP contribution < -0.4 is 6.15 Å². The molecule has 0 spiro atoms. The molecule has 848 valence electrons. The van der Waals surface area contributed by atoms with E-state index < -0.39 is 35.8 Å². The summed E-state index contributed by atoms with van der Waals surface area (Å²) >= 11 is 0. The van der Waals surface area contributed by atoms with Crippen LogP contribution in [0.25, 0.3) is 0 Å². The molecule has 0 aliphatic rings. The monoisotopic (exact) mass is 2000 g/mol. The highest BCUT2D eigenvalue weighted by Gasteiger charge is 2.59. The Morgan fingerprint density at radius 2 is 0.324 bits per heavy atom. The van der Waals surface area contributed by atoms with Gasteiger partial charge in [-0.05, 0) is 382 Å². The van der Waals surface area contributed by atoms with Crippen LogP contribution in [0.4, 0.5) is 0 Å². The maximum absolute atomic E-state index is 7.33. The van der Waals surface area contributed by atoms with Gasteiger partial charge in [-0.25, -0.2) is 87.8 Å². The summed E-state index contributed by atoms with van der Waals surface area (Å²) in [6, 6.07) is 7.12. The molecule has 0 saturated heterocycles. The first-order valence-corrected chi connectivity index (χ1v) is 54.8. The van der Waals surface area contributed by atoms with Gasteiger partial charge in [-0.3, -0.25) is 29.4 Å². The van der Waals surface area contributed by atoms with Gasteiger partial charge in [0, 0.05) is 234 Å². The van der Waals surface area contributed by atoms with Crippen LogP contribution in [0.3, 0.4) is 0 Å². The van der Waals surface area contributed by atoms with Crippen molar-refractivity contribution in [2.24, 2.45) is 0 Å². The van der Waals surface area contributed by atoms with Crippen molar-refractivity contribution < 1.29 is 29.0 Å². The molecule has 3 N–H and O–H groups in total. The highest BCUT2D eigenvalue weighted by Crippen LogP contribution is 2.43. The van der Waals surface area contributed by atoms with E-state index in [0.717, 1.165) is 65.4 Å². The Hall–Kier alpha value is -1.24. The maximum Gasteiger partial charge on any atom is 0.262 e. The van der Waals surface area contributed by atoms with Crippen LogP contribution in [0, 0.1) is 0 Å². The summed E-state index contributed by atoms with van der Waals surface area (Å²) in [5.41, 5.74) is 0. The zero-order valence-electron chi connectivity index (χ0n) is 107. The summed E-state index contributed by atoms with van der Waals surface area (Å²) in [4.78, 5) is 82.7. The summed E-state index contributed by atoms with van der Waals surface area (Å²) in [6.45, 7) is 130. The van der Waals surface area contributed by atoms with E-state index in [9.17, 15) is 0 Å². The summed E-state index contributed by atoms with van der Waals surface area (Å²) in [6.07, 6.45) is 0. The molecule has 0 aromatic carbocycles. The molecule has 31 heteroatoms. The average molecular weight is 2000 g/mol. The highest BCUT2D eigenvalue weighted by molar-refractivity contribution is 4.97. The predicted octanol–water partition coefficient (Wildman–Crippen LogP) is 19.8. The smallest absolute Gasteiger partial charge is 0.262 e. The molecule has 0 bridgehead atoms. The second kappa shape index (κ2) is 70.7. The van der Waals surface area contributed by atoms with Crippen molar-refractivity contribution >= 4 is 0 Å². The number of hydrogen-bond donors (Lipinski definition) is 1. The van der Waals surface area contributed by atoms with Crippen molar-refractivity contribution in [2.45, 2.75) is 543 Å². The van der Waals surface area contributed by atoms with E-state index in [2.05, 4.69) is 498 Å². The van der Waals surface area contributed by atoms with Gasteiger partial charge in [0.05, 0.1) is 0 Å². The molecule has 0 fully saturated rings. The van der Waals surface area contributed by atoms with E-state index in [4.69, 9.17) is 29.0 Å². The van der Waals surface area contributed by atoms with Gasteiger partial charge in [0.2, 0.25) is 0 Å². The third kappa shape index (κ3) is 41.5. The fraction of sp³-hybridized carbons (Fsp3) is 1.00. The molecule has 0 radical (unpaired) electrons. The lowest BCUT2D eigenvalue weighted by Gasteiger charge is -2.63. The van der Waals surface area contributed by atoms with Crippen LogP contribution in [0.1, 0.15) is 374 Å². The fourth-order valence-electron chi connectivity index (χ4n) is 21.7. The minimum Gasteiger partial charge on any atom is -0.344 e. The SMILES string of the molecule is CC(C)N(C(C)C)C(ON(C)C)(N(C)C)N(C(C)C)C(C)C.CC(C)N(OC(N(C(C)C)C(C)C)(N(C(C)C)C(C)C)N(C(C)C)C(C)C)C(C)C.CC(C)N(OC(N(C)C)(N(C(C)C)C(C)C)N(C(C)C)C(C)C)C(C)C.CCN(C)OC(N(C)CC)(N(C(C)C)C(C)C)N(C(C)C)C(C)C.CCN(CC)OC(N(CC)CC)(N(CC)CC)N(CC)CC.CN(C)OC(N(C)C)(N(C)C)N(C)C.N. The molecule has 0 atom stereocenters. The number of nitrogens with zero attached hydrogens (tertiary/aromatic N) is 24. The summed E-state index contributed by atoms with van der Waals surface area (Å²) in [5, 5.41) is 11.9. The van der Waals surface area contributed by atoms with Gasteiger partial charge in [-0.15, -0.1) is 0 Å². The quantitative estimate of drug-likeness (QED) is 0.0450. The number of rotatable bonds is 62. The fourth-order valence-corrected chi connectivity index (χ4v) is 21.7. The largest absolute Gasteiger partial charge is 0.344 e. The van der Waals surface area contributed by atoms with Crippen LogP contribution in [0.5, 0.6) is 0 Å². The first-order valence-electron chi connectivity index (χ1n) is 54.8. The van der Waals surface area contributed by atoms with Gasteiger partial charge in [-0.2, -0.15) is 30.4 Å². The zero-order chi connectivity index (χ0) is 111. The van der Waals surface area contributed by atoms with Gasteiger partial charge < -0.3 is 6.15 Å². The molecule has 0 saturated carbocycles. The Balaban J connectivity index is -0.000000304. The Kier molecular flexibility index (Phi) is 76.7. The lowest BCUT2D eigenvalue weighted by atomic mass is 10.1. The van der Waals surface area contributed by atoms with Crippen molar-refractivity contribution in [3.63, 3.8) is 0 Å². The molecule has 0 heterocycles. The molecule has 0 aromatic rings. The number of hydroxylamine groups is 12. The van der Waals surface area contributed by atoms with Crippen LogP contribution in [-0.4, -0.2) is 466 Å². The molecular weight excluding hydrogens is 1740 g/mol. The number of hydrogen-bond acceptors (Lipinski definition) is 31. The lowest BCUT2D eigenvalue weighted by molar-refractivity contribution is -0.446. The standard InChI is InChI=1S/C25H56N4O.C21H48N4O.C19H44N4O.2C17H40N4O.C9H24N4O.H3N/c1-17(2)26(18(3)4)25(27(19(5)6)20(7)8,28(21(9)10)22(11)12)30-29(23(13)14)24(15)16;1-15(2)23(16(3)4)21(22(13)14,24(17(5)6)18(7)8)26-25(19(9)10)20(11)12;1-13-20(11)19(24-21(12)14-2,22(15(3)4)16(5)6)23(17(7)8)18(9)10;1-13(2)20(14(3)4)17(18(9)10,22-19(11)12)21(15(5)6)16(7)8;1-9-18(10-2)17(19(11-3)12-4,20(13-5)14-6)22-21(15-7)16-8;1-10(2)9(11(3)4,12(5)6)14-13(7)8;/h17-24H,1-16H3;15-20H,1-14H3;15-18H,13-14H2,1-12H3;13-16H,1-12H3;9-16H2,1-8H3;1-8H3;1H3. The van der Waals surface area contributed by atoms with Gasteiger partial charge >= 0.3 is 0 Å². The first-order chi connectivity index (χ1) is 62.9. The van der Waals surface area contributed by atoms with Crippen LogP contribution in [-0.2, 0) is 29.0 Å². The summed E-state index contributed by atoms with van der Waals surface area (Å²) in [5.74, 6) is -3.68. The molecular formula is C108H255N25O6. The van der Waals surface area contributed by atoms with Crippen molar-refractivity contribution in [1.82, 2.24) is 125 Å². The minimum atomic E-state index is -0.707. The third-order valence-electron chi connectivity index (χ3n) is 25.2. The molecule has 0 aromatic heterocycles. The average Bonchev–Trinajstić information content (AvgIpc) is 0.719. The van der Waals surface area contributed by atoms with Crippen LogP contribution >= 0.6 is 0 Å². The molecule has 0 aliphatic carbocycles. The molecule has 139 heavy (non-hydrogen) atoms.